The van der Waals surface area contributed by atoms with Gasteiger partial charge in [0.25, 0.3) is 0 Å². The molecule has 0 unspecified atom stereocenters. The lowest BCUT2D eigenvalue weighted by Gasteiger charge is -2.34. The number of nitro benzene ring substituents is 2. The Bertz CT molecular complexity index is 1230. The van der Waals surface area contributed by atoms with Crippen LogP contribution < -0.4 is 5.32 Å². The van der Waals surface area contributed by atoms with Crippen LogP contribution in [0.5, 0.6) is 0 Å². The molecule has 3 N–H and O–H groups in total. The Hall–Kier alpha value is -4.60. The molecule has 0 aliphatic carbocycles. The first-order valence-electron chi connectivity index (χ1n) is 12.0. The van der Waals surface area contributed by atoms with Gasteiger partial charge in [-0.25, -0.2) is 9.78 Å². The molecule has 16 heteroatoms. The number of hydrogen-bond donors (Lipinski definition) is 3. The summed E-state index contributed by atoms with van der Waals surface area (Å²) in [5.74, 6) is -2.02. The molecule has 0 saturated carbocycles. The third kappa shape index (κ3) is 6.28. The molecule has 0 bridgehead atoms. The lowest BCUT2D eigenvalue weighted by Crippen LogP contribution is -2.56. The molecule has 1 aliphatic heterocycles. The van der Waals surface area contributed by atoms with E-state index in [0.29, 0.717) is 12.1 Å². The number of aromatic amines is 1. The van der Waals surface area contributed by atoms with Crippen LogP contribution in [0.25, 0.3) is 0 Å². The zero-order valence-electron chi connectivity index (χ0n) is 21.5. The maximum absolute atomic E-state index is 13.8. The smallest absolute Gasteiger partial charge is 0.368 e. The van der Waals surface area contributed by atoms with Gasteiger partial charge in [0.1, 0.15) is 17.8 Å². The third-order valence-electron chi connectivity index (χ3n) is 6.49. The van der Waals surface area contributed by atoms with Gasteiger partial charge in [0, 0.05) is 38.0 Å². The molecular formula is C23H29N7O9. The Morgan fingerprint density at radius 2 is 2.03 bits per heavy atom. The summed E-state index contributed by atoms with van der Waals surface area (Å²) in [7, 11) is 2.45. The van der Waals surface area contributed by atoms with Crippen LogP contribution in [0.15, 0.2) is 30.7 Å². The van der Waals surface area contributed by atoms with Crippen LogP contribution in [0.2, 0.25) is 0 Å². The first kappa shape index (κ1) is 29.0. The third-order valence-corrected chi connectivity index (χ3v) is 6.49. The van der Waals surface area contributed by atoms with E-state index < -0.39 is 63.2 Å². The highest BCUT2D eigenvalue weighted by Crippen LogP contribution is 2.35. The van der Waals surface area contributed by atoms with Crippen LogP contribution in [0.1, 0.15) is 25.5 Å². The number of aromatic nitrogens is 2. The predicted molar refractivity (Wildman–Crippen MR) is 134 cm³/mol. The van der Waals surface area contributed by atoms with Gasteiger partial charge >= 0.3 is 17.3 Å². The number of nitro groups is 2. The molecule has 39 heavy (non-hydrogen) atoms. The largest absolute Gasteiger partial charge is 0.467 e. The summed E-state index contributed by atoms with van der Waals surface area (Å²) in [5.41, 5.74) is -1.31. The van der Waals surface area contributed by atoms with Crippen LogP contribution in [-0.2, 0) is 25.5 Å². The van der Waals surface area contributed by atoms with Gasteiger partial charge in [-0.05, 0) is 25.8 Å². The fourth-order valence-electron chi connectivity index (χ4n) is 4.65. The maximum atomic E-state index is 13.8. The van der Waals surface area contributed by atoms with Gasteiger partial charge in [-0.3, -0.25) is 29.8 Å². The van der Waals surface area contributed by atoms with Crippen LogP contribution in [0.3, 0.4) is 0 Å². The first-order chi connectivity index (χ1) is 18.5. The predicted octanol–water partition coefficient (Wildman–Crippen LogP) is 0.621. The number of H-pyrrole nitrogens is 1. The second-order valence-electron chi connectivity index (χ2n) is 9.01. The number of nitrogens with one attached hydrogen (secondary N) is 2. The van der Waals surface area contributed by atoms with E-state index in [9.17, 15) is 39.7 Å². The summed E-state index contributed by atoms with van der Waals surface area (Å²) in [4.78, 5) is 69.9. The number of carbonyl (C=O) groups excluding carboxylic acids is 3. The molecule has 16 nitrogen and oxygen atoms in total. The Morgan fingerprint density at radius 3 is 2.59 bits per heavy atom. The topological polar surface area (TPSA) is 214 Å². The highest BCUT2D eigenvalue weighted by molar-refractivity contribution is 5.94. The zero-order valence-corrected chi connectivity index (χ0v) is 21.5. The minimum atomic E-state index is -1.30. The number of aliphatic hydroxyl groups excluding tert-OH is 1. The van der Waals surface area contributed by atoms with E-state index in [1.165, 1.54) is 43.5 Å². The molecule has 1 aromatic carbocycles. The van der Waals surface area contributed by atoms with Gasteiger partial charge < -0.3 is 29.9 Å². The van der Waals surface area contributed by atoms with E-state index >= 15 is 0 Å². The van der Waals surface area contributed by atoms with Gasteiger partial charge in [0.2, 0.25) is 11.8 Å². The van der Waals surface area contributed by atoms with Crippen LogP contribution >= 0.6 is 0 Å². The van der Waals surface area contributed by atoms with E-state index in [4.69, 9.17) is 4.74 Å². The molecule has 2 amide bonds. The maximum Gasteiger partial charge on any atom is 0.368 e. The van der Waals surface area contributed by atoms with E-state index in [2.05, 4.69) is 15.3 Å². The fourth-order valence-corrected chi connectivity index (χ4v) is 4.65. The van der Waals surface area contributed by atoms with Crippen molar-refractivity contribution < 1.29 is 34.1 Å². The van der Waals surface area contributed by atoms with Gasteiger partial charge in [0.05, 0.1) is 29.4 Å². The van der Waals surface area contributed by atoms with Gasteiger partial charge in [-0.2, -0.15) is 0 Å². The molecule has 0 spiro atoms. The molecule has 2 heterocycles. The van der Waals surface area contributed by atoms with Crippen molar-refractivity contribution in [1.82, 2.24) is 19.8 Å². The van der Waals surface area contributed by atoms with Crippen molar-refractivity contribution in [3.63, 3.8) is 0 Å². The number of carbonyl (C=O) groups is 3. The summed E-state index contributed by atoms with van der Waals surface area (Å²) in [6.07, 6.45) is 2.28. The van der Waals surface area contributed by atoms with Gasteiger partial charge in [-0.1, -0.05) is 6.07 Å². The number of benzene rings is 1. The number of amides is 2. The van der Waals surface area contributed by atoms with Crippen molar-refractivity contribution in [1.29, 1.82) is 0 Å². The van der Waals surface area contributed by atoms with Crippen LogP contribution in [-0.4, -0.2) is 97.4 Å². The fraction of sp³-hybridized carbons (Fsp3) is 0.478. The van der Waals surface area contributed by atoms with Crippen molar-refractivity contribution in [2.45, 2.75) is 50.4 Å². The standard InChI is InChI=1S/C23H29N7O9/c1-13(31)19(23(34)39-3)27(2)22(33)18-8-5-9-28(18)21(32)16(10-14-11-24-12-25-14)26-15-6-4-7-17(29(35)36)20(15)30(37)38/h4,6-7,11-13,16,18-19,26,31H,5,8-10H2,1-3H3,(H,24,25)/t13-,16+,18+,19+/m1/s1. The molecule has 1 aromatic heterocycles. The second-order valence-corrected chi connectivity index (χ2v) is 9.01. The zero-order chi connectivity index (χ0) is 28.9. The second kappa shape index (κ2) is 12.3. The monoisotopic (exact) mass is 547 g/mol. The van der Waals surface area contributed by atoms with E-state index in [-0.39, 0.29) is 25.1 Å². The number of likely N-dealkylation sites (N-methyl/N-ethyl adjacent to an activating group) is 1. The number of ether oxygens (including phenoxy) is 1. The number of likely N-dealkylation sites (tertiary alicyclic amines) is 1. The molecule has 210 valence electrons. The summed E-state index contributed by atoms with van der Waals surface area (Å²) < 4.78 is 4.71. The van der Waals surface area contributed by atoms with Crippen molar-refractivity contribution in [3.05, 3.63) is 56.6 Å². The van der Waals surface area contributed by atoms with Crippen molar-refractivity contribution in [2.24, 2.45) is 0 Å². The van der Waals surface area contributed by atoms with E-state index in [1.54, 1.807) is 0 Å². The molecule has 2 aromatic rings. The van der Waals surface area contributed by atoms with Crippen molar-refractivity contribution in [2.75, 3.05) is 26.0 Å². The quantitative estimate of drug-likeness (QED) is 0.201. The van der Waals surface area contributed by atoms with E-state index in [1.807, 2.05) is 0 Å². The van der Waals surface area contributed by atoms with Crippen molar-refractivity contribution in [3.8, 4) is 0 Å². The molecule has 1 aliphatic rings. The SMILES string of the molecule is COC(=O)[C@H]([C@@H](C)O)N(C)C(=O)[C@@H]1CCCN1C(=O)[C@H](Cc1cnc[nH]1)Nc1cccc([N+](=O)[O-])c1[N+](=O)[O-]. The normalized spacial score (nSPS) is 17.1. The van der Waals surface area contributed by atoms with Crippen LogP contribution in [0.4, 0.5) is 17.1 Å². The Morgan fingerprint density at radius 1 is 1.31 bits per heavy atom. The van der Waals surface area contributed by atoms with Crippen LogP contribution in [0, 0.1) is 20.2 Å². The number of anilines is 1. The molecule has 3 rings (SSSR count). The Kier molecular flexibility index (Phi) is 9.13. The number of imidazole rings is 1. The lowest BCUT2D eigenvalue weighted by atomic mass is 10.1. The number of para-hydroxylation sites is 1. The Labute approximate surface area is 222 Å². The number of aliphatic hydroxyl groups is 1. The minimum Gasteiger partial charge on any atom is -0.467 e. The minimum absolute atomic E-state index is 0.0373. The number of rotatable bonds is 11. The average molecular weight is 548 g/mol. The first-order valence-corrected chi connectivity index (χ1v) is 12.0. The summed E-state index contributed by atoms with van der Waals surface area (Å²) in [5, 5.41) is 36.0. The number of methoxy groups -OCH3 is 1. The van der Waals surface area contributed by atoms with E-state index in [0.717, 1.165) is 18.1 Å². The number of hydrogen-bond acceptors (Lipinski definition) is 11. The average Bonchev–Trinajstić information content (AvgIpc) is 3.59. The van der Waals surface area contributed by atoms with Gasteiger partial charge in [-0.15, -0.1) is 0 Å². The highest BCUT2D eigenvalue weighted by atomic mass is 16.6. The molecule has 4 atom stereocenters. The Balaban J connectivity index is 1.95. The summed E-state index contributed by atoms with van der Waals surface area (Å²) >= 11 is 0. The number of esters is 1. The molecule has 1 saturated heterocycles. The lowest BCUT2D eigenvalue weighted by molar-refractivity contribution is -0.421. The number of nitrogens with zero attached hydrogens (tertiary/aromatic N) is 5. The molecule has 0 radical (unpaired) electrons. The summed E-state index contributed by atoms with van der Waals surface area (Å²) in [6.45, 7) is 1.51. The van der Waals surface area contributed by atoms with Gasteiger partial charge in [0.15, 0.2) is 6.04 Å². The summed E-state index contributed by atoms with van der Waals surface area (Å²) in [6, 6.07) is 0.0252. The van der Waals surface area contributed by atoms with Crippen molar-refractivity contribution >= 4 is 34.8 Å². The highest BCUT2D eigenvalue weighted by Gasteiger charge is 2.42. The molecular weight excluding hydrogens is 518 g/mol. The molecule has 1 fully saturated rings.